The lowest BCUT2D eigenvalue weighted by molar-refractivity contribution is 0.600. The van der Waals surface area contributed by atoms with Crippen LogP contribution in [0.25, 0.3) is 0 Å². The van der Waals surface area contributed by atoms with Crippen LogP contribution in [0.3, 0.4) is 0 Å². The molecule has 1 aliphatic rings. The molecule has 1 N–H and O–H groups in total. The second kappa shape index (κ2) is 7.56. The summed E-state index contributed by atoms with van der Waals surface area (Å²) in [6.07, 6.45) is 8.43. The highest BCUT2D eigenvalue weighted by Gasteiger charge is 2.18. The van der Waals surface area contributed by atoms with Gasteiger partial charge in [-0.05, 0) is 60.9 Å². The number of fused-ring (bicyclic) bond motifs is 1. The molecule has 0 spiro atoms. The lowest BCUT2D eigenvalue weighted by atomic mass is 9.92. The van der Waals surface area contributed by atoms with E-state index in [1.165, 1.54) is 17.5 Å². The lowest BCUT2D eigenvalue weighted by Crippen LogP contribution is -2.14. The van der Waals surface area contributed by atoms with Crippen molar-refractivity contribution >= 4 is 15.7 Å². The number of rotatable bonds is 6. The van der Waals surface area contributed by atoms with Crippen LogP contribution in [0.2, 0.25) is 0 Å². The lowest BCUT2D eigenvalue weighted by Gasteiger charge is -2.16. The molecule has 0 radical (unpaired) electrons. The number of aryl methyl sites for hydroxylation is 4. The summed E-state index contributed by atoms with van der Waals surface area (Å²) >= 11 is 0. The Morgan fingerprint density at radius 2 is 1.78 bits per heavy atom. The van der Waals surface area contributed by atoms with Crippen molar-refractivity contribution in [2.75, 3.05) is 4.72 Å². The van der Waals surface area contributed by atoms with E-state index in [9.17, 15) is 8.42 Å². The zero-order valence-corrected chi connectivity index (χ0v) is 16.0. The Labute approximate surface area is 160 Å². The third kappa shape index (κ3) is 4.22. The van der Waals surface area contributed by atoms with Crippen molar-refractivity contribution in [2.45, 2.75) is 43.5 Å². The minimum atomic E-state index is -3.60. The molecule has 1 aliphatic carbocycles. The van der Waals surface area contributed by atoms with E-state index in [-0.39, 0.29) is 0 Å². The Hall–Kier alpha value is -2.60. The van der Waals surface area contributed by atoms with Crippen LogP contribution >= 0.6 is 0 Å². The maximum absolute atomic E-state index is 12.7. The number of anilines is 1. The summed E-state index contributed by atoms with van der Waals surface area (Å²) in [4.78, 5) is 0.320. The van der Waals surface area contributed by atoms with Gasteiger partial charge in [-0.25, -0.2) is 8.42 Å². The predicted molar refractivity (Wildman–Crippen MR) is 106 cm³/mol. The topological polar surface area (TPSA) is 64.0 Å². The van der Waals surface area contributed by atoms with Crippen molar-refractivity contribution in [3.05, 3.63) is 77.6 Å². The van der Waals surface area contributed by atoms with Crippen LogP contribution < -0.4 is 4.72 Å². The van der Waals surface area contributed by atoms with Crippen molar-refractivity contribution in [1.82, 2.24) is 9.78 Å². The third-order valence-corrected chi connectivity index (χ3v) is 6.37. The van der Waals surface area contributed by atoms with Crippen LogP contribution in [0, 0.1) is 0 Å². The van der Waals surface area contributed by atoms with Crippen LogP contribution in [-0.4, -0.2) is 18.2 Å². The molecule has 27 heavy (non-hydrogen) atoms. The summed E-state index contributed by atoms with van der Waals surface area (Å²) in [5, 5.41) is 4.27. The standard InChI is InChI=1S/C21H23N3O2S/c25-27(26,21-11-10-18-8-4-5-9-19(18)14-21)23-20-15-22-24(16-20)13-12-17-6-2-1-3-7-17/h1-3,6-7,10-11,14-16,23H,4-5,8-9,12-13H2. The number of aromatic nitrogens is 2. The first kappa shape index (κ1) is 17.8. The zero-order chi connectivity index (χ0) is 18.7. The first-order chi connectivity index (χ1) is 13.1. The highest BCUT2D eigenvalue weighted by molar-refractivity contribution is 7.92. The molecule has 0 saturated carbocycles. The van der Waals surface area contributed by atoms with E-state index in [2.05, 4.69) is 22.0 Å². The van der Waals surface area contributed by atoms with Gasteiger partial charge in [-0.1, -0.05) is 36.4 Å². The maximum Gasteiger partial charge on any atom is 0.262 e. The maximum atomic E-state index is 12.7. The molecule has 140 valence electrons. The molecular weight excluding hydrogens is 358 g/mol. The van der Waals surface area contributed by atoms with Gasteiger partial charge >= 0.3 is 0 Å². The normalized spacial score (nSPS) is 13.9. The first-order valence-corrected chi connectivity index (χ1v) is 10.8. The van der Waals surface area contributed by atoms with Gasteiger partial charge in [-0.2, -0.15) is 5.10 Å². The minimum Gasteiger partial charge on any atom is -0.276 e. The number of hydrogen-bond acceptors (Lipinski definition) is 3. The molecule has 0 saturated heterocycles. The van der Waals surface area contributed by atoms with E-state index in [0.29, 0.717) is 17.1 Å². The van der Waals surface area contributed by atoms with E-state index in [1.54, 1.807) is 23.1 Å². The van der Waals surface area contributed by atoms with Gasteiger partial charge in [0.1, 0.15) is 0 Å². The van der Waals surface area contributed by atoms with Crippen molar-refractivity contribution in [3.63, 3.8) is 0 Å². The fourth-order valence-corrected chi connectivity index (χ4v) is 4.60. The van der Waals surface area contributed by atoms with Gasteiger partial charge in [0.05, 0.1) is 16.8 Å². The van der Waals surface area contributed by atoms with Gasteiger partial charge in [0.15, 0.2) is 0 Å². The number of sulfonamides is 1. The number of nitrogens with zero attached hydrogens (tertiary/aromatic N) is 2. The molecule has 1 aromatic heterocycles. The minimum absolute atomic E-state index is 0.320. The molecule has 0 amide bonds. The molecule has 2 aromatic carbocycles. The highest BCUT2D eigenvalue weighted by atomic mass is 32.2. The van der Waals surface area contributed by atoms with E-state index in [1.807, 2.05) is 30.3 Å². The van der Waals surface area contributed by atoms with Crippen LogP contribution in [0.1, 0.15) is 29.5 Å². The largest absolute Gasteiger partial charge is 0.276 e. The average Bonchev–Trinajstić information content (AvgIpc) is 3.13. The number of hydrogen-bond donors (Lipinski definition) is 1. The van der Waals surface area contributed by atoms with E-state index < -0.39 is 10.0 Å². The molecule has 4 rings (SSSR count). The molecule has 0 bridgehead atoms. The quantitative estimate of drug-likeness (QED) is 0.706. The molecule has 6 heteroatoms. The SMILES string of the molecule is O=S(=O)(Nc1cnn(CCc2ccccc2)c1)c1ccc2c(c1)CCCC2. The van der Waals surface area contributed by atoms with E-state index >= 15 is 0 Å². The van der Waals surface area contributed by atoms with Crippen molar-refractivity contribution in [2.24, 2.45) is 0 Å². The van der Waals surface area contributed by atoms with Crippen molar-refractivity contribution in [3.8, 4) is 0 Å². The van der Waals surface area contributed by atoms with Gasteiger partial charge in [-0.3, -0.25) is 9.40 Å². The Bertz CT molecular complexity index is 1030. The van der Waals surface area contributed by atoms with E-state index in [4.69, 9.17) is 0 Å². The molecule has 0 fully saturated rings. The van der Waals surface area contributed by atoms with E-state index in [0.717, 1.165) is 31.2 Å². The second-order valence-electron chi connectivity index (χ2n) is 6.97. The fourth-order valence-electron chi connectivity index (χ4n) is 3.52. The summed E-state index contributed by atoms with van der Waals surface area (Å²) in [6.45, 7) is 0.699. The number of benzene rings is 2. The van der Waals surface area contributed by atoms with Crippen molar-refractivity contribution in [1.29, 1.82) is 0 Å². The molecule has 0 unspecified atom stereocenters. The summed E-state index contributed by atoms with van der Waals surface area (Å²) in [7, 11) is -3.60. The molecule has 0 atom stereocenters. The van der Waals surface area contributed by atoms with Gasteiger partial charge in [-0.15, -0.1) is 0 Å². The Morgan fingerprint density at radius 3 is 2.59 bits per heavy atom. The van der Waals surface area contributed by atoms with Crippen LogP contribution in [0.5, 0.6) is 0 Å². The fraction of sp³-hybridized carbons (Fsp3) is 0.286. The van der Waals surface area contributed by atoms with Gasteiger partial charge < -0.3 is 0 Å². The molecular formula is C21H23N3O2S. The second-order valence-corrected chi connectivity index (χ2v) is 8.65. The molecule has 3 aromatic rings. The van der Waals surface area contributed by atoms with Gasteiger partial charge in [0.25, 0.3) is 10.0 Å². The molecule has 0 aliphatic heterocycles. The smallest absolute Gasteiger partial charge is 0.262 e. The van der Waals surface area contributed by atoms with Crippen molar-refractivity contribution < 1.29 is 8.42 Å². The summed E-state index contributed by atoms with van der Waals surface area (Å²) in [5.41, 5.74) is 4.14. The Balaban J connectivity index is 1.44. The first-order valence-electron chi connectivity index (χ1n) is 9.31. The predicted octanol–water partition coefficient (Wildman–Crippen LogP) is 3.81. The molecule has 5 nitrogen and oxygen atoms in total. The summed E-state index contributed by atoms with van der Waals surface area (Å²) < 4.78 is 29.9. The zero-order valence-electron chi connectivity index (χ0n) is 15.1. The summed E-state index contributed by atoms with van der Waals surface area (Å²) in [5.74, 6) is 0. The monoisotopic (exact) mass is 381 g/mol. The van der Waals surface area contributed by atoms with Crippen LogP contribution in [-0.2, 0) is 35.8 Å². The van der Waals surface area contributed by atoms with Gasteiger partial charge in [0.2, 0.25) is 0 Å². The van der Waals surface area contributed by atoms with Crippen LogP contribution in [0.15, 0.2) is 65.8 Å². The average molecular weight is 382 g/mol. The third-order valence-electron chi connectivity index (χ3n) is 4.99. The Kier molecular flexibility index (Phi) is 4.99. The van der Waals surface area contributed by atoms with Crippen LogP contribution in [0.4, 0.5) is 5.69 Å². The molecule has 1 heterocycles. The summed E-state index contributed by atoms with van der Waals surface area (Å²) in [6, 6.07) is 15.6. The Morgan fingerprint density at radius 1 is 1.00 bits per heavy atom. The highest BCUT2D eigenvalue weighted by Crippen LogP contribution is 2.25. The number of nitrogens with one attached hydrogen (secondary N) is 1. The van der Waals surface area contributed by atoms with Gasteiger partial charge in [0, 0.05) is 12.7 Å².